The van der Waals surface area contributed by atoms with Gasteiger partial charge in [0.1, 0.15) is 17.2 Å². The van der Waals surface area contributed by atoms with Crippen LogP contribution in [0.1, 0.15) is 57.8 Å². The Balaban J connectivity index is 0.668. The fourth-order valence-corrected chi connectivity index (χ4v) is 10.1. The number of thioether (sulfide) groups is 1. The van der Waals surface area contributed by atoms with Crippen LogP contribution in [0.15, 0.2) is 67.4 Å². The Kier molecular flexibility index (Phi) is 20.7. The minimum Gasteiger partial charge on any atom is -0.438 e. The van der Waals surface area contributed by atoms with Gasteiger partial charge in [0.05, 0.1) is 49.6 Å². The van der Waals surface area contributed by atoms with Gasteiger partial charge < -0.3 is 65.6 Å². The number of H-pyrrole nitrogens is 1. The maximum atomic E-state index is 15.6. The average molecular weight is 1020 g/mol. The number of hydrogen-bond acceptors (Lipinski definition) is 14. The van der Waals surface area contributed by atoms with Crippen LogP contribution in [0.5, 0.6) is 11.6 Å². The number of amides is 6. The summed E-state index contributed by atoms with van der Waals surface area (Å²) in [7, 11) is 0. The molecule has 4 aromatic rings. The summed E-state index contributed by atoms with van der Waals surface area (Å²) in [6.45, 7) is 9.11. The van der Waals surface area contributed by atoms with Gasteiger partial charge in [0.25, 0.3) is 0 Å². The zero-order valence-corrected chi connectivity index (χ0v) is 41.3. The lowest BCUT2D eigenvalue weighted by Gasteiger charge is -2.36. The normalized spacial score (nSPS) is 17.2. The van der Waals surface area contributed by atoms with Crippen molar-refractivity contribution in [2.75, 3.05) is 100 Å². The van der Waals surface area contributed by atoms with Crippen molar-refractivity contribution >= 4 is 75.5 Å². The van der Waals surface area contributed by atoms with Crippen molar-refractivity contribution in [3.8, 4) is 11.6 Å². The SMILES string of the molecule is C=CC(=O)Nc1cccc(Oc2nc(Nc3ccc(N4CCN(C(=O)CCCC(=O)NCCCOCCOCCOCCCNC(=O)CCCCC5SCC6NC(=O)NC65)CC4)c(F)c3)nc3[nH]ccc23)c1. The zero-order chi connectivity index (χ0) is 50.5. The van der Waals surface area contributed by atoms with Crippen LogP contribution < -0.4 is 41.5 Å². The van der Waals surface area contributed by atoms with Crippen molar-refractivity contribution in [3.05, 3.63) is 73.2 Å². The molecule has 3 unspecified atom stereocenters. The second-order valence-electron chi connectivity index (χ2n) is 17.5. The lowest BCUT2D eigenvalue weighted by Crippen LogP contribution is -2.49. The molecule has 0 aliphatic carbocycles. The highest BCUT2D eigenvalue weighted by molar-refractivity contribution is 8.00. The second kappa shape index (κ2) is 27.9. The second-order valence-corrected chi connectivity index (χ2v) is 18.8. The van der Waals surface area contributed by atoms with E-state index in [0.717, 1.165) is 31.4 Å². The van der Waals surface area contributed by atoms with Crippen molar-refractivity contribution in [1.29, 1.82) is 0 Å². The number of halogens is 1. The number of benzene rings is 2. The monoisotopic (exact) mass is 1020 g/mol. The van der Waals surface area contributed by atoms with Gasteiger partial charge in [-0.25, -0.2) is 9.18 Å². The lowest BCUT2D eigenvalue weighted by atomic mass is 10.0. The molecule has 72 heavy (non-hydrogen) atoms. The molecular weight excluding hydrogens is 950 g/mol. The molecule has 2 aromatic carbocycles. The van der Waals surface area contributed by atoms with Crippen LogP contribution in [-0.2, 0) is 33.4 Å². The Hall–Kier alpha value is -6.49. The number of rotatable bonds is 30. The molecule has 3 saturated heterocycles. The lowest BCUT2D eigenvalue weighted by molar-refractivity contribution is -0.131. The van der Waals surface area contributed by atoms with Crippen molar-refractivity contribution in [2.24, 2.45) is 0 Å². The fraction of sp³-hybridized carbons (Fsp3) is 0.500. The van der Waals surface area contributed by atoms with Crippen LogP contribution in [0.25, 0.3) is 11.0 Å². The van der Waals surface area contributed by atoms with E-state index in [-0.39, 0.29) is 66.4 Å². The van der Waals surface area contributed by atoms with Gasteiger partial charge in [-0.3, -0.25) is 19.2 Å². The number of carbonyl (C=O) groups excluding carboxylic acids is 5. The van der Waals surface area contributed by atoms with Crippen LogP contribution in [-0.4, -0.2) is 152 Å². The van der Waals surface area contributed by atoms with Gasteiger partial charge in [0.15, 0.2) is 0 Å². The quantitative estimate of drug-likeness (QED) is 0.0198. The van der Waals surface area contributed by atoms with E-state index in [2.05, 4.69) is 53.4 Å². The molecule has 7 N–H and O–H groups in total. The standard InChI is InChI=1S/C50H66FN11O9S/c1-2-42(63)55-34-9-5-10-36(31-34)71-48-37-17-20-54-47(37)59-49(60-48)56-35-15-16-40(38(51)32-35)61-21-23-62(24-22-61)45(66)14-6-13-44(65)53-19-8-26-69-28-30-70-29-27-68-25-7-18-52-43(64)12-4-3-11-41-46-39(33-72-41)57-50(67)58-46/h2,5,9-10,15-17,20,31-32,39,41,46H,1,3-4,6-8,11-14,18-19,21-30,33H2,(H,52,64)(H,53,65)(H,55,63)(H2,57,58,67)(H2,54,56,59,60). The fourth-order valence-electron chi connectivity index (χ4n) is 8.51. The van der Waals surface area contributed by atoms with Crippen molar-refractivity contribution < 1.29 is 47.3 Å². The predicted octanol–water partition coefficient (Wildman–Crippen LogP) is 5.36. The number of carbonyl (C=O) groups is 5. The molecule has 3 fully saturated rings. The summed E-state index contributed by atoms with van der Waals surface area (Å²) in [6, 6.07) is 13.8. The third kappa shape index (κ3) is 16.5. The molecule has 3 atom stereocenters. The van der Waals surface area contributed by atoms with Gasteiger partial charge in [-0.2, -0.15) is 21.7 Å². The molecular formula is C50H66FN11O9S. The number of unbranched alkanes of at least 4 members (excludes halogenated alkanes) is 1. The molecule has 0 bridgehead atoms. The van der Waals surface area contributed by atoms with E-state index in [1.54, 1.807) is 53.6 Å². The first-order valence-electron chi connectivity index (χ1n) is 24.7. The maximum Gasteiger partial charge on any atom is 0.315 e. The minimum absolute atomic E-state index is 0.0314. The number of hydrogen-bond donors (Lipinski definition) is 7. The largest absolute Gasteiger partial charge is 0.438 e. The molecule has 0 radical (unpaired) electrons. The van der Waals surface area contributed by atoms with Gasteiger partial charge in [-0.15, -0.1) is 0 Å². The summed E-state index contributed by atoms with van der Waals surface area (Å²) in [5.41, 5.74) is 1.88. The minimum atomic E-state index is -0.441. The number of aromatic amines is 1. The summed E-state index contributed by atoms with van der Waals surface area (Å²) < 4.78 is 38.4. The van der Waals surface area contributed by atoms with E-state index < -0.39 is 5.82 Å². The summed E-state index contributed by atoms with van der Waals surface area (Å²) in [4.78, 5) is 76.6. The first-order valence-corrected chi connectivity index (χ1v) is 25.8. The van der Waals surface area contributed by atoms with Crippen molar-refractivity contribution in [3.63, 3.8) is 0 Å². The third-order valence-corrected chi connectivity index (χ3v) is 13.8. The van der Waals surface area contributed by atoms with Gasteiger partial charge in [0, 0.05) is 106 Å². The summed E-state index contributed by atoms with van der Waals surface area (Å²) in [5.74, 6) is 0.933. The van der Waals surface area contributed by atoms with Crippen molar-refractivity contribution in [1.82, 2.24) is 41.1 Å². The number of nitrogens with zero attached hydrogens (tertiary/aromatic N) is 4. The molecule has 6 amide bonds. The highest BCUT2D eigenvalue weighted by atomic mass is 32.2. The summed E-state index contributed by atoms with van der Waals surface area (Å²) in [6.07, 6.45) is 8.50. The maximum absolute atomic E-state index is 15.6. The number of anilines is 4. The Bertz CT molecular complexity index is 2460. The van der Waals surface area contributed by atoms with E-state index >= 15 is 4.39 Å². The van der Waals surface area contributed by atoms with Gasteiger partial charge in [0.2, 0.25) is 35.5 Å². The van der Waals surface area contributed by atoms with Crippen LogP contribution >= 0.6 is 11.8 Å². The molecule has 22 heteroatoms. The van der Waals surface area contributed by atoms with Crippen LogP contribution in [0.4, 0.5) is 32.2 Å². The topological polar surface area (TPSA) is 242 Å². The highest BCUT2D eigenvalue weighted by Gasteiger charge is 2.42. The van der Waals surface area contributed by atoms with Crippen LogP contribution in [0.3, 0.4) is 0 Å². The van der Waals surface area contributed by atoms with Gasteiger partial charge >= 0.3 is 6.03 Å². The molecule has 0 saturated carbocycles. The van der Waals surface area contributed by atoms with Gasteiger partial charge in [-0.05, 0) is 74.6 Å². The number of aromatic nitrogens is 3. The molecule has 3 aliphatic heterocycles. The molecule has 7 rings (SSSR count). The van der Waals surface area contributed by atoms with Gasteiger partial charge in [-0.1, -0.05) is 19.1 Å². The number of fused-ring (bicyclic) bond motifs is 2. The molecule has 20 nitrogen and oxygen atoms in total. The Morgan fingerprint density at radius 1 is 0.806 bits per heavy atom. The summed E-state index contributed by atoms with van der Waals surface area (Å²) in [5, 5.41) is 18.6. The average Bonchev–Trinajstić information content (AvgIpc) is 4.11. The predicted molar refractivity (Wildman–Crippen MR) is 273 cm³/mol. The first-order chi connectivity index (χ1) is 35.1. The van der Waals surface area contributed by atoms with E-state index in [1.807, 2.05) is 16.7 Å². The Labute approximate surface area is 422 Å². The molecule has 2 aromatic heterocycles. The first kappa shape index (κ1) is 53.3. The zero-order valence-electron chi connectivity index (χ0n) is 40.5. The highest BCUT2D eigenvalue weighted by Crippen LogP contribution is 2.34. The van der Waals surface area contributed by atoms with Crippen LogP contribution in [0.2, 0.25) is 0 Å². The number of piperazine rings is 1. The van der Waals surface area contributed by atoms with Crippen LogP contribution in [0, 0.1) is 5.82 Å². The smallest absolute Gasteiger partial charge is 0.315 e. The van der Waals surface area contributed by atoms with E-state index in [0.29, 0.717) is 137 Å². The summed E-state index contributed by atoms with van der Waals surface area (Å²) >= 11 is 1.89. The number of ether oxygens (including phenoxy) is 4. The van der Waals surface area contributed by atoms with Crippen molar-refractivity contribution in [2.45, 2.75) is 75.1 Å². The number of nitrogens with one attached hydrogen (secondary N) is 7. The Morgan fingerprint density at radius 3 is 2.25 bits per heavy atom. The molecule has 388 valence electrons. The molecule has 5 heterocycles. The third-order valence-electron chi connectivity index (χ3n) is 12.3. The molecule has 0 spiro atoms. The van der Waals surface area contributed by atoms with E-state index in [4.69, 9.17) is 18.9 Å². The Morgan fingerprint density at radius 2 is 1.53 bits per heavy atom. The number of urea groups is 1. The molecule has 3 aliphatic rings. The van der Waals surface area contributed by atoms with E-state index in [1.165, 1.54) is 12.1 Å². The van der Waals surface area contributed by atoms with E-state index in [9.17, 15) is 24.0 Å².